The molecule has 0 aliphatic carbocycles. The van der Waals surface area contributed by atoms with Crippen LogP contribution in [0.1, 0.15) is 44.9 Å². The number of hydrogen-bond acceptors (Lipinski definition) is 4. The fourth-order valence-electron chi connectivity index (χ4n) is 2.36. The number of anilines is 2. The van der Waals surface area contributed by atoms with Crippen molar-refractivity contribution in [3.63, 3.8) is 0 Å². The molecule has 6 heteroatoms. The topological polar surface area (TPSA) is 58.0 Å². The highest BCUT2D eigenvalue weighted by atomic mass is 79.9. The first kappa shape index (κ1) is 20.8. The Morgan fingerprint density at radius 3 is 2.54 bits per heavy atom. The first-order valence-corrected chi connectivity index (χ1v) is 12.4. The van der Waals surface area contributed by atoms with E-state index >= 15 is 0 Å². The maximum absolute atomic E-state index is 7.57. The summed E-state index contributed by atoms with van der Waals surface area (Å²) in [6, 6.07) is 9.79. The van der Waals surface area contributed by atoms with Crippen LogP contribution in [0.2, 0.25) is 18.1 Å². The van der Waals surface area contributed by atoms with Gasteiger partial charge in [0.15, 0.2) is 8.32 Å². The van der Waals surface area contributed by atoms with Gasteiger partial charge in [-0.2, -0.15) is 0 Å². The predicted molar refractivity (Wildman–Crippen MR) is 116 cm³/mol. The number of aromatic nitrogens is 1. The minimum atomic E-state index is -1.84. The van der Waals surface area contributed by atoms with Crippen LogP contribution >= 0.6 is 15.9 Å². The summed E-state index contributed by atoms with van der Waals surface area (Å²) in [6.45, 7) is 13.4. The van der Waals surface area contributed by atoms with Crippen molar-refractivity contribution in [1.82, 2.24) is 4.98 Å². The fraction of sp³-hybridized carbons (Fsp3) is 0.400. The zero-order valence-electron chi connectivity index (χ0n) is 16.4. The molecule has 0 spiro atoms. The number of pyridine rings is 1. The van der Waals surface area contributed by atoms with Gasteiger partial charge in [0.05, 0.1) is 6.10 Å². The van der Waals surface area contributed by atoms with Gasteiger partial charge in [-0.3, -0.25) is 0 Å². The molecule has 0 fully saturated rings. The SMILES string of the molecule is CC(O[Si](C)(C)C(C)(C)C)c1ccnc(Nc2cc(Br)ccc2C=N)c1. The highest BCUT2D eigenvalue weighted by Crippen LogP contribution is 2.39. The Balaban J connectivity index is 2.23. The predicted octanol–water partition coefficient (Wildman–Crippen LogP) is 6.67. The average Bonchev–Trinajstić information content (AvgIpc) is 2.54. The third kappa shape index (κ3) is 5.02. The van der Waals surface area contributed by atoms with E-state index in [4.69, 9.17) is 9.84 Å². The van der Waals surface area contributed by atoms with Crippen molar-refractivity contribution < 1.29 is 4.43 Å². The first-order valence-electron chi connectivity index (χ1n) is 8.74. The molecule has 0 aliphatic heterocycles. The van der Waals surface area contributed by atoms with Crippen molar-refractivity contribution in [2.45, 2.75) is 51.9 Å². The van der Waals surface area contributed by atoms with Gasteiger partial charge in [0.25, 0.3) is 0 Å². The number of benzene rings is 1. The molecule has 26 heavy (non-hydrogen) atoms. The second kappa shape index (κ2) is 8.02. The van der Waals surface area contributed by atoms with Crippen LogP contribution in [0.4, 0.5) is 11.5 Å². The smallest absolute Gasteiger partial charge is 0.192 e. The largest absolute Gasteiger partial charge is 0.410 e. The van der Waals surface area contributed by atoms with Crippen LogP contribution < -0.4 is 5.32 Å². The van der Waals surface area contributed by atoms with Gasteiger partial charge in [-0.1, -0.05) is 42.8 Å². The van der Waals surface area contributed by atoms with E-state index in [1.165, 1.54) is 6.21 Å². The summed E-state index contributed by atoms with van der Waals surface area (Å²) in [5.41, 5.74) is 2.75. The Bertz CT molecular complexity index is 787. The number of rotatable bonds is 6. The van der Waals surface area contributed by atoms with Crippen molar-refractivity contribution in [2.24, 2.45) is 0 Å². The van der Waals surface area contributed by atoms with Crippen molar-refractivity contribution >= 4 is 42.0 Å². The zero-order chi connectivity index (χ0) is 19.5. The molecule has 2 rings (SSSR count). The van der Waals surface area contributed by atoms with E-state index in [1.54, 1.807) is 6.20 Å². The minimum absolute atomic E-state index is 0.00385. The lowest BCUT2D eigenvalue weighted by Gasteiger charge is -2.38. The number of halogens is 1. The highest BCUT2D eigenvalue weighted by Gasteiger charge is 2.38. The summed E-state index contributed by atoms with van der Waals surface area (Å²) in [7, 11) is -1.84. The van der Waals surface area contributed by atoms with Gasteiger partial charge in [0.1, 0.15) is 5.82 Å². The Morgan fingerprint density at radius 1 is 1.23 bits per heavy atom. The molecule has 0 bridgehead atoms. The van der Waals surface area contributed by atoms with Crippen LogP contribution in [0.3, 0.4) is 0 Å². The van der Waals surface area contributed by atoms with Gasteiger partial charge in [0.2, 0.25) is 0 Å². The molecule has 1 heterocycles. The van der Waals surface area contributed by atoms with E-state index in [-0.39, 0.29) is 11.1 Å². The molecule has 2 N–H and O–H groups in total. The Hall–Kier alpha value is -1.50. The van der Waals surface area contributed by atoms with Gasteiger partial charge < -0.3 is 15.2 Å². The van der Waals surface area contributed by atoms with Gasteiger partial charge >= 0.3 is 0 Å². The van der Waals surface area contributed by atoms with Crippen LogP contribution in [-0.2, 0) is 4.43 Å². The molecule has 0 radical (unpaired) electrons. The first-order chi connectivity index (χ1) is 12.0. The van der Waals surface area contributed by atoms with E-state index in [0.29, 0.717) is 0 Å². The van der Waals surface area contributed by atoms with Crippen molar-refractivity contribution in [2.75, 3.05) is 5.32 Å². The van der Waals surface area contributed by atoms with Crippen molar-refractivity contribution in [3.8, 4) is 0 Å². The average molecular weight is 434 g/mol. The fourth-order valence-corrected chi connectivity index (χ4v) is 4.09. The Morgan fingerprint density at radius 2 is 1.92 bits per heavy atom. The van der Waals surface area contributed by atoms with Gasteiger partial charge in [-0.15, -0.1) is 0 Å². The summed E-state index contributed by atoms with van der Waals surface area (Å²) in [5.74, 6) is 0.745. The third-order valence-electron chi connectivity index (χ3n) is 4.96. The summed E-state index contributed by atoms with van der Waals surface area (Å²) in [6.07, 6.45) is 3.14. The lowest BCUT2D eigenvalue weighted by molar-refractivity contribution is 0.203. The monoisotopic (exact) mass is 433 g/mol. The molecule has 1 aromatic heterocycles. The molecule has 4 nitrogen and oxygen atoms in total. The molecule has 0 saturated heterocycles. The van der Waals surface area contributed by atoms with Crippen LogP contribution in [0.15, 0.2) is 41.0 Å². The lowest BCUT2D eigenvalue weighted by Crippen LogP contribution is -2.41. The van der Waals surface area contributed by atoms with Crippen LogP contribution in [0.25, 0.3) is 0 Å². The molecule has 0 aliphatic rings. The molecule has 1 aromatic carbocycles. The quantitative estimate of drug-likeness (QED) is 0.394. The second-order valence-corrected chi connectivity index (χ2v) is 13.7. The summed E-state index contributed by atoms with van der Waals surface area (Å²) < 4.78 is 7.45. The van der Waals surface area contributed by atoms with Gasteiger partial charge in [-0.05, 0) is 54.9 Å². The van der Waals surface area contributed by atoms with E-state index in [0.717, 1.165) is 27.1 Å². The maximum Gasteiger partial charge on any atom is 0.192 e. The summed E-state index contributed by atoms with van der Waals surface area (Å²) in [5, 5.41) is 11.1. The van der Waals surface area contributed by atoms with E-state index < -0.39 is 8.32 Å². The van der Waals surface area contributed by atoms with Crippen LogP contribution in [-0.4, -0.2) is 19.5 Å². The number of nitrogens with one attached hydrogen (secondary N) is 2. The molecule has 1 atom stereocenters. The normalized spacial score (nSPS) is 13.3. The lowest BCUT2D eigenvalue weighted by atomic mass is 10.1. The Kier molecular flexibility index (Phi) is 6.42. The minimum Gasteiger partial charge on any atom is -0.410 e. The van der Waals surface area contributed by atoms with Crippen molar-refractivity contribution in [1.29, 1.82) is 5.41 Å². The van der Waals surface area contributed by atoms with Crippen LogP contribution in [0.5, 0.6) is 0 Å². The summed E-state index contributed by atoms with van der Waals surface area (Å²) in [4.78, 5) is 4.42. The van der Waals surface area contributed by atoms with Gasteiger partial charge in [0, 0.05) is 28.1 Å². The van der Waals surface area contributed by atoms with Crippen LogP contribution in [0, 0.1) is 5.41 Å². The molecule has 140 valence electrons. The molecular weight excluding hydrogens is 406 g/mol. The van der Waals surface area contributed by atoms with Gasteiger partial charge in [-0.25, -0.2) is 4.98 Å². The standard InChI is InChI=1S/C20H28BrN3OSi/c1-14(25-26(5,6)20(2,3)4)15-9-10-23-19(11-15)24-18-12-17(21)8-7-16(18)13-22/h7-14,22H,1-6H3,(H,23,24). The maximum atomic E-state index is 7.57. The zero-order valence-corrected chi connectivity index (χ0v) is 18.9. The van der Waals surface area contributed by atoms with Crippen molar-refractivity contribution in [3.05, 3.63) is 52.1 Å². The number of hydrogen-bond donors (Lipinski definition) is 2. The number of nitrogens with zero attached hydrogens (tertiary/aromatic N) is 1. The molecule has 1 unspecified atom stereocenters. The summed E-state index contributed by atoms with van der Waals surface area (Å²) >= 11 is 3.48. The Labute approximate surface area is 166 Å². The molecule has 0 saturated carbocycles. The van der Waals surface area contributed by atoms with E-state index in [9.17, 15) is 0 Å². The molecule has 2 aromatic rings. The van der Waals surface area contributed by atoms with E-state index in [2.05, 4.69) is 67.0 Å². The molecular formula is C20H28BrN3OSi. The highest BCUT2D eigenvalue weighted by molar-refractivity contribution is 9.10. The second-order valence-electron chi connectivity index (χ2n) is 8.00. The third-order valence-corrected chi connectivity index (χ3v) is 10.0. The molecule has 0 amide bonds. The van der Waals surface area contributed by atoms with E-state index in [1.807, 2.05) is 30.3 Å².